The Labute approximate surface area is 112 Å². The first kappa shape index (κ1) is 13.5. The third-order valence-electron chi connectivity index (χ3n) is 2.93. The van der Waals surface area contributed by atoms with E-state index in [-0.39, 0.29) is 11.9 Å². The van der Waals surface area contributed by atoms with Crippen molar-refractivity contribution in [3.05, 3.63) is 42.0 Å². The number of ether oxygens (including phenoxy) is 1. The van der Waals surface area contributed by atoms with Gasteiger partial charge in [0.15, 0.2) is 0 Å². The second-order valence-electron chi connectivity index (χ2n) is 4.51. The number of aromatic nitrogens is 2. The Kier molecular flexibility index (Phi) is 4.16. The summed E-state index contributed by atoms with van der Waals surface area (Å²) < 4.78 is 20.5. The van der Waals surface area contributed by atoms with Crippen LogP contribution in [0.4, 0.5) is 10.3 Å². The SMILES string of the molecule is COCC(C)Nc1nccn1-c1cccc(F)c1C. The van der Waals surface area contributed by atoms with E-state index in [1.165, 1.54) is 6.07 Å². The van der Waals surface area contributed by atoms with Gasteiger partial charge in [0.2, 0.25) is 5.95 Å². The molecule has 0 saturated heterocycles. The maximum Gasteiger partial charge on any atom is 0.207 e. The average Bonchev–Trinajstić information content (AvgIpc) is 2.81. The minimum atomic E-state index is -0.220. The van der Waals surface area contributed by atoms with Crippen LogP contribution in [0.15, 0.2) is 30.6 Å². The molecule has 2 rings (SSSR count). The number of benzene rings is 1. The normalized spacial score (nSPS) is 12.4. The first-order valence-electron chi connectivity index (χ1n) is 6.17. The molecule has 2 aromatic rings. The van der Waals surface area contributed by atoms with Gasteiger partial charge in [-0.15, -0.1) is 0 Å². The Balaban J connectivity index is 2.31. The van der Waals surface area contributed by atoms with E-state index in [0.717, 1.165) is 5.69 Å². The quantitative estimate of drug-likeness (QED) is 0.901. The zero-order chi connectivity index (χ0) is 13.8. The van der Waals surface area contributed by atoms with E-state index in [1.54, 1.807) is 26.3 Å². The molecule has 0 saturated carbocycles. The zero-order valence-corrected chi connectivity index (χ0v) is 11.4. The Bertz CT molecular complexity index is 553. The molecule has 0 aliphatic carbocycles. The Morgan fingerprint density at radius 2 is 2.26 bits per heavy atom. The molecule has 1 aromatic heterocycles. The van der Waals surface area contributed by atoms with Gasteiger partial charge in [-0.25, -0.2) is 9.37 Å². The van der Waals surface area contributed by atoms with Gasteiger partial charge in [-0.3, -0.25) is 4.57 Å². The fourth-order valence-corrected chi connectivity index (χ4v) is 1.97. The lowest BCUT2D eigenvalue weighted by atomic mass is 10.2. The number of halogens is 1. The minimum Gasteiger partial charge on any atom is -0.383 e. The highest BCUT2D eigenvalue weighted by atomic mass is 19.1. The number of anilines is 1. The summed E-state index contributed by atoms with van der Waals surface area (Å²) in [6.07, 6.45) is 3.50. The van der Waals surface area contributed by atoms with E-state index in [0.29, 0.717) is 18.1 Å². The largest absolute Gasteiger partial charge is 0.383 e. The molecule has 1 aromatic carbocycles. The van der Waals surface area contributed by atoms with Gasteiger partial charge in [-0.2, -0.15) is 0 Å². The predicted octanol–water partition coefficient (Wildman–Crippen LogP) is 2.77. The first-order valence-corrected chi connectivity index (χ1v) is 6.17. The van der Waals surface area contributed by atoms with E-state index in [4.69, 9.17) is 4.74 Å². The lowest BCUT2D eigenvalue weighted by Crippen LogP contribution is -2.23. The molecule has 1 heterocycles. The van der Waals surface area contributed by atoms with Crippen LogP contribution in [0.25, 0.3) is 5.69 Å². The summed E-state index contributed by atoms with van der Waals surface area (Å²) in [5, 5.41) is 3.24. The highest BCUT2D eigenvalue weighted by molar-refractivity contribution is 5.47. The van der Waals surface area contributed by atoms with Crippen molar-refractivity contribution >= 4 is 5.95 Å². The van der Waals surface area contributed by atoms with Crippen molar-refractivity contribution in [1.82, 2.24) is 9.55 Å². The monoisotopic (exact) mass is 263 g/mol. The summed E-state index contributed by atoms with van der Waals surface area (Å²) in [7, 11) is 1.65. The highest BCUT2D eigenvalue weighted by Gasteiger charge is 2.11. The van der Waals surface area contributed by atoms with E-state index in [2.05, 4.69) is 10.3 Å². The van der Waals surface area contributed by atoms with Crippen molar-refractivity contribution in [1.29, 1.82) is 0 Å². The molecule has 0 aliphatic rings. The van der Waals surface area contributed by atoms with Crippen LogP contribution in [0.5, 0.6) is 0 Å². The molecular weight excluding hydrogens is 245 g/mol. The first-order chi connectivity index (χ1) is 9.13. The average molecular weight is 263 g/mol. The molecule has 1 atom stereocenters. The van der Waals surface area contributed by atoms with Crippen LogP contribution >= 0.6 is 0 Å². The summed E-state index contributed by atoms with van der Waals surface area (Å²) in [6, 6.07) is 5.14. The van der Waals surface area contributed by atoms with Crippen LogP contribution < -0.4 is 5.32 Å². The Morgan fingerprint density at radius 1 is 1.47 bits per heavy atom. The summed E-state index contributed by atoms with van der Waals surface area (Å²) in [4.78, 5) is 4.26. The van der Waals surface area contributed by atoms with Crippen molar-refractivity contribution in [2.45, 2.75) is 19.9 Å². The lowest BCUT2D eigenvalue weighted by Gasteiger charge is -2.16. The van der Waals surface area contributed by atoms with Crippen LogP contribution in [-0.4, -0.2) is 29.3 Å². The molecule has 4 nitrogen and oxygen atoms in total. The second-order valence-corrected chi connectivity index (χ2v) is 4.51. The van der Waals surface area contributed by atoms with E-state index in [1.807, 2.05) is 23.8 Å². The fraction of sp³-hybridized carbons (Fsp3) is 0.357. The van der Waals surface area contributed by atoms with Gasteiger partial charge in [-0.1, -0.05) is 6.07 Å². The van der Waals surface area contributed by atoms with Gasteiger partial charge in [0.1, 0.15) is 5.82 Å². The van der Waals surface area contributed by atoms with Crippen molar-refractivity contribution in [2.24, 2.45) is 0 Å². The molecule has 0 amide bonds. The topological polar surface area (TPSA) is 39.1 Å². The number of rotatable bonds is 5. The summed E-state index contributed by atoms with van der Waals surface area (Å²) in [6.45, 7) is 4.34. The lowest BCUT2D eigenvalue weighted by molar-refractivity contribution is 0.190. The minimum absolute atomic E-state index is 0.125. The molecule has 1 unspecified atom stereocenters. The van der Waals surface area contributed by atoms with E-state index >= 15 is 0 Å². The maximum atomic E-state index is 13.6. The van der Waals surface area contributed by atoms with Crippen LogP contribution in [-0.2, 0) is 4.74 Å². The third kappa shape index (κ3) is 2.93. The summed E-state index contributed by atoms with van der Waals surface area (Å²) >= 11 is 0. The second kappa shape index (κ2) is 5.84. The Hall–Kier alpha value is -1.88. The third-order valence-corrected chi connectivity index (χ3v) is 2.93. The number of imidazole rings is 1. The van der Waals surface area contributed by atoms with Gasteiger partial charge >= 0.3 is 0 Å². The van der Waals surface area contributed by atoms with Gasteiger partial charge in [0, 0.05) is 31.1 Å². The van der Waals surface area contributed by atoms with Crippen molar-refractivity contribution in [3.63, 3.8) is 0 Å². The molecular formula is C14H18FN3O. The van der Waals surface area contributed by atoms with Gasteiger partial charge in [-0.05, 0) is 26.0 Å². The molecule has 0 radical (unpaired) electrons. The molecule has 102 valence electrons. The molecule has 5 heteroatoms. The van der Waals surface area contributed by atoms with E-state index in [9.17, 15) is 4.39 Å². The summed E-state index contributed by atoms with van der Waals surface area (Å²) in [5.74, 6) is 0.459. The number of hydrogen-bond donors (Lipinski definition) is 1. The van der Waals surface area contributed by atoms with Crippen LogP contribution in [0.2, 0.25) is 0 Å². The van der Waals surface area contributed by atoms with Gasteiger partial charge in [0.25, 0.3) is 0 Å². The van der Waals surface area contributed by atoms with Gasteiger partial charge in [0.05, 0.1) is 12.3 Å². The van der Waals surface area contributed by atoms with Crippen molar-refractivity contribution < 1.29 is 9.13 Å². The molecule has 0 aliphatic heterocycles. The van der Waals surface area contributed by atoms with Crippen LogP contribution in [0, 0.1) is 12.7 Å². The standard InChI is InChI=1S/C14H18FN3O/c1-10(9-19-3)17-14-16-7-8-18(14)13-6-4-5-12(15)11(13)2/h4-8,10H,9H2,1-3H3,(H,16,17). The van der Waals surface area contributed by atoms with E-state index < -0.39 is 0 Å². The highest BCUT2D eigenvalue weighted by Crippen LogP contribution is 2.20. The molecule has 0 fully saturated rings. The number of methoxy groups -OCH3 is 1. The summed E-state index contributed by atoms with van der Waals surface area (Å²) in [5.41, 5.74) is 1.38. The molecule has 0 bridgehead atoms. The molecule has 19 heavy (non-hydrogen) atoms. The number of hydrogen-bond acceptors (Lipinski definition) is 3. The number of nitrogens with zero attached hydrogens (tertiary/aromatic N) is 2. The van der Waals surface area contributed by atoms with Crippen LogP contribution in [0.3, 0.4) is 0 Å². The van der Waals surface area contributed by atoms with Crippen molar-refractivity contribution in [3.8, 4) is 5.69 Å². The van der Waals surface area contributed by atoms with Crippen molar-refractivity contribution in [2.75, 3.05) is 19.0 Å². The fourth-order valence-electron chi connectivity index (χ4n) is 1.97. The molecule has 0 spiro atoms. The maximum absolute atomic E-state index is 13.6. The Morgan fingerprint density at radius 3 is 3.00 bits per heavy atom. The van der Waals surface area contributed by atoms with Crippen LogP contribution in [0.1, 0.15) is 12.5 Å². The smallest absolute Gasteiger partial charge is 0.207 e. The van der Waals surface area contributed by atoms with Gasteiger partial charge < -0.3 is 10.1 Å². The molecule has 1 N–H and O–H groups in total. The number of nitrogens with one attached hydrogen (secondary N) is 1. The zero-order valence-electron chi connectivity index (χ0n) is 11.4. The predicted molar refractivity (Wildman–Crippen MR) is 73.2 cm³/mol.